The van der Waals surface area contributed by atoms with Crippen molar-refractivity contribution < 1.29 is 4.79 Å². The molecule has 0 aliphatic carbocycles. The lowest BCUT2D eigenvalue weighted by Gasteiger charge is -2.33. The number of amides is 1. The summed E-state index contributed by atoms with van der Waals surface area (Å²) < 4.78 is 0. The molecule has 1 atom stereocenters. The number of carbonyl (C=O) groups excluding carboxylic acids is 1. The van der Waals surface area contributed by atoms with Crippen molar-refractivity contribution in [2.45, 2.75) is 38.4 Å². The van der Waals surface area contributed by atoms with E-state index >= 15 is 0 Å². The third-order valence-corrected chi connectivity index (χ3v) is 5.11. The smallest absolute Gasteiger partial charge is 0.272 e. The van der Waals surface area contributed by atoms with Crippen LogP contribution in [0.3, 0.4) is 0 Å². The number of fused-ring (bicyclic) bond motifs is 1. The number of benzene rings is 1. The second kappa shape index (κ2) is 8.66. The van der Waals surface area contributed by atoms with E-state index in [4.69, 9.17) is 0 Å². The predicted octanol–water partition coefficient (Wildman–Crippen LogP) is 1.87. The van der Waals surface area contributed by atoms with Crippen LogP contribution in [0.4, 0.5) is 0 Å². The first-order valence-electron chi connectivity index (χ1n) is 9.13. The van der Waals surface area contributed by atoms with Gasteiger partial charge >= 0.3 is 0 Å². The van der Waals surface area contributed by atoms with E-state index in [1.54, 1.807) is 0 Å². The van der Waals surface area contributed by atoms with Gasteiger partial charge in [0.2, 0.25) is 0 Å². The molecule has 2 aliphatic heterocycles. The minimum absolute atomic E-state index is 0. The molecule has 1 aromatic heterocycles. The maximum Gasteiger partial charge on any atom is 0.272 e. The summed E-state index contributed by atoms with van der Waals surface area (Å²) in [6.07, 6.45) is 3.05. The average molecular weight is 376 g/mol. The van der Waals surface area contributed by atoms with Gasteiger partial charge in [-0.15, -0.1) is 12.4 Å². The lowest BCUT2D eigenvalue weighted by molar-refractivity contribution is 0.0894. The first-order valence-corrected chi connectivity index (χ1v) is 9.13. The van der Waals surface area contributed by atoms with Crippen LogP contribution >= 0.6 is 12.4 Å². The van der Waals surface area contributed by atoms with E-state index in [0.717, 1.165) is 63.2 Å². The Morgan fingerprint density at radius 2 is 2.15 bits per heavy atom. The number of H-pyrrole nitrogens is 1. The minimum atomic E-state index is -0.0484. The number of hydrogen-bond acceptors (Lipinski definition) is 4. The molecule has 2 aromatic rings. The molecule has 1 saturated heterocycles. The summed E-state index contributed by atoms with van der Waals surface area (Å²) in [6.45, 7) is 4.58. The van der Waals surface area contributed by atoms with Crippen LogP contribution < -0.4 is 10.6 Å². The number of nitrogens with zero attached hydrogens (tertiary/aromatic N) is 2. The fourth-order valence-electron chi connectivity index (χ4n) is 3.83. The molecule has 3 N–H and O–H groups in total. The Morgan fingerprint density at radius 3 is 3.00 bits per heavy atom. The van der Waals surface area contributed by atoms with E-state index in [-0.39, 0.29) is 24.4 Å². The van der Waals surface area contributed by atoms with Crippen LogP contribution in [-0.4, -0.2) is 46.7 Å². The Hall–Kier alpha value is -1.89. The van der Waals surface area contributed by atoms with Crippen LogP contribution in [0.1, 0.15) is 40.2 Å². The zero-order chi connectivity index (χ0) is 17.1. The highest BCUT2D eigenvalue weighted by atomic mass is 35.5. The fourth-order valence-corrected chi connectivity index (χ4v) is 3.83. The summed E-state index contributed by atoms with van der Waals surface area (Å²) in [4.78, 5) is 15.1. The third-order valence-electron chi connectivity index (χ3n) is 5.11. The van der Waals surface area contributed by atoms with E-state index < -0.39 is 0 Å². The summed E-state index contributed by atoms with van der Waals surface area (Å²) in [5.74, 6) is -0.0484. The zero-order valence-electron chi connectivity index (χ0n) is 14.8. The van der Waals surface area contributed by atoms with E-state index in [1.165, 1.54) is 5.56 Å². The molecule has 3 heterocycles. The number of piperidine rings is 1. The molecule has 7 heteroatoms. The zero-order valence-corrected chi connectivity index (χ0v) is 15.6. The van der Waals surface area contributed by atoms with Gasteiger partial charge in [0.25, 0.3) is 5.91 Å². The average Bonchev–Trinajstić information content (AvgIpc) is 3.07. The van der Waals surface area contributed by atoms with Crippen LogP contribution in [0.5, 0.6) is 0 Å². The van der Waals surface area contributed by atoms with E-state index in [1.807, 2.05) is 6.07 Å². The monoisotopic (exact) mass is 375 g/mol. The molecule has 140 valence electrons. The molecular weight excluding hydrogens is 350 g/mol. The standard InChI is InChI=1S/C19H25N5O.ClH/c25-19(18-16-11-20-9-8-17(16)22-23-18)21-15-7-4-10-24(13-15)12-14-5-2-1-3-6-14;/h1-3,5-6,15,20H,4,7-13H2,(H,21,25)(H,22,23);1H. The molecular formula is C19H26ClN5O. The van der Waals surface area contributed by atoms with E-state index in [0.29, 0.717) is 5.69 Å². The molecule has 2 aliphatic rings. The molecule has 4 rings (SSSR count). The Bertz CT molecular complexity index is 733. The summed E-state index contributed by atoms with van der Waals surface area (Å²) in [5.41, 5.74) is 4.00. The van der Waals surface area contributed by atoms with Crippen molar-refractivity contribution in [3.05, 3.63) is 52.8 Å². The fraction of sp³-hybridized carbons (Fsp3) is 0.474. The summed E-state index contributed by atoms with van der Waals surface area (Å²) in [6, 6.07) is 10.7. The second-order valence-corrected chi connectivity index (χ2v) is 6.99. The topological polar surface area (TPSA) is 73.0 Å². The lowest BCUT2D eigenvalue weighted by Crippen LogP contribution is -2.47. The number of hydrogen-bond donors (Lipinski definition) is 3. The quantitative estimate of drug-likeness (QED) is 0.762. The van der Waals surface area contributed by atoms with Crippen molar-refractivity contribution in [2.24, 2.45) is 0 Å². The molecule has 0 bridgehead atoms. The van der Waals surface area contributed by atoms with Gasteiger partial charge in [-0.25, -0.2) is 0 Å². The van der Waals surface area contributed by atoms with Crippen LogP contribution in [0.25, 0.3) is 0 Å². The van der Waals surface area contributed by atoms with Crippen LogP contribution in [-0.2, 0) is 19.5 Å². The number of rotatable bonds is 4. The Balaban J connectivity index is 0.00000196. The van der Waals surface area contributed by atoms with Gasteiger partial charge in [0.15, 0.2) is 5.69 Å². The van der Waals surface area contributed by atoms with Crippen LogP contribution in [0.15, 0.2) is 30.3 Å². The van der Waals surface area contributed by atoms with Gasteiger partial charge in [0.1, 0.15) is 0 Å². The second-order valence-electron chi connectivity index (χ2n) is 6.99. The molecule has 1 amide bonds. The van der Waals surface area contributed by atoms with Crippen molar-refractivity contribution >= 4 is 18.3 Å². The number of nitrogens with one attached hydrogen (secondary N) is 3. The highest BCUT2D eigenvalue weighted by Gasteiger charge is 2.26. The number of halogens is 1. The minimum Gasteiger partial charge on any atom is -0.347 e. The first-order chi connectivity index (χ1) is 12.3. The van der Waals surface area contributed by atoms with Crippen LogP contribution in [0.2, 0.25) is 0 Å². The maximum absolute atomic E-state index is 12.7. The third kappa shape index (κ3) is 4.26. The van der Waals surface area contributed by atoms with Crippen molar-refractivity contribution in [3.63, 3.8) is 0 Å². The summed E-state index contributed by atoms with van der Waals surface area (Å²) >= 11 is 0. The van der Waals surface area contributed by atoms with Crippen molar-refractivity contribution in [1.82, 2.24) is 25.7 Å². The van der Waals surface area contributed by atoms with Gasteiger partial charge in [-0.1, -0.05) is 30.3 Å². The van der Waals surface area contributed by atoms with E-state index in [2.05, 4.69) is 50.0 Å². The molecule has 0 radical (unpaired) electrons. The van der Waals surface area contributed by atoms with Gasteiger partial charge in [-0.2, -0.15) is 5.10 Å². The van der Waals surface area contributed by atoms with Gasteiger partial charge in [-0.3, -0.25) is 14.8 Å². The van der Waals surface area contributed by atoms with Crippen molar-refractivity contribution in [2.75, 3.05) is 19.6 Å². The summed E-state index contributed by atoms with van der Waals surface area (Å²) in [5, 5.41) is 13.8. The first kappa shape index (κ1) is 18.9. The maximum atomic E-state index is 12.7. The molecule has 0 saturated carbocycles. The largest absolute Gasteiger partial charge is 0.347 e. The number of aromatic amines is 1. The Kier molecular flexibility index (Phi) is 6.29. The predicted molar refractivity (Wildman–Crippen MR) is 103 cm³/mol. The highest BCUT2D eigenvalue weighted by molar-refractivity contribution is 5.94. The number of likely N-dealkylation sites (tertiary alicyclic amines) is 1. The lowest BCUT2D eigenvalue weighted by atomic mass is 10.0. The Labute approximate surface area is 160 Å². The van der Waals surface area contributed by atoms with Gasteiger partial charge in [0, 0.05) is 49.9 Å². The molecule has 1 fully saturated rings. The highest BCUT2D eigenvalue weighted by Crippen LogP contribution is 2.17. The van der Waals surface area contributed by atoms with Gasteiger partial charge < -0.3 is 10.6 Å². The van der Waals surface area contributed by atoms with Gasteiger partial charge in [0.05, 0.1) is 0 Å². The van der Waals surface area contributed by atoms with Crippen molar-refractivity contribution in [1.29, 1.82) is 0 Å². The van der Waals surface area contributed by atoms with E-state index in [9.17, 15) is 4.79 Å². The molecule has 0 spiro atoms. The van der Waals surface area contributed by atoms with Crippen LogP contribution in [0, 0.1) is 0 Å². The molecule has 6 nitrogen and oxygen atoms in total. The molecule has 1 aromatic carbocycles. The SMILES string of the molecule is Cl.O=C(NC1CCCN(Cc2ccccc2)C1)c1n[nH]c2c1CNCC2. The van der Waals surface area contributed by atoms with Crippen molar-refractivity contribution in [3.8, 4) is 0 Å². The van der Waals surface area contributed by atoms with Gasteiger partial charge in [-0.05, 0) is 24.9 Å². The number of aromatic nitrogens is 2. The normalized spacial score (nSPS) is 20.1. The summed E-state index contributed by atoms with van der Waals surface area (Å²) in [7, 11) is 0. The molecule has 26 heavy (non-hydrogen) atoms. The molecule has 1 unspecified atom stereocenters. The Morgan fingerprint density at radius 1 is 1.31 bits per heavy atom. The number of carbonyl (C=O) groups is 1.